The second-order valence-electron chi connectivity index (χ2n) is 8.14. The number of carbonyl (C=O) groups is 2. The topological polar surface area (TPSA) is 73.3 Å². The van der Waals surface area contributed by atoms with Gasteiger partial charge < -0.3 is 19.6 Å². The molecule has 0 unspecified atom stereocenters. The van der Waals surface area contributed by atoms with Crippen LogP contribution in [0.25, 0.3) is 0 Å². The summed E-state index contributed by atoms with van der Waals surface area (Å²) in [7, 11) is 2.01. The molecule has 1 aromatic rings. The minimum Gasteiger partial charge on any atom is -0.480 e. The number of hydrogen-bond acceptors (Lipinski definition) is 5. The van der Waals surface area contributed by atoms with Crippen LogP contribution < -0.4 is 0 Å². The summed E-state index contributed by atoms with van der Waals surface area (Å²) >= 11 is 12.1. The van der Waals surface area contributed by atoms with E-state index >= 15 is 0 Å². The SMILES string of the molecule is CN1C[C@@H](CN2CCCC2)N(C(=O)Cc2ccc(Cl)c(Cl)c2)C[C@@H]1COCC(=O)O. The second-order valence-corrected chi connectivity index (χ2v) is 8.95. The highest BCUT2D eigenvalue weighted by atomic mass is 35.5. The first-order valence-electron chi connectivity index (χ1n) is 10.3. The highest BCUT2D eigenvalue weighted by Gasteiger charge is 2.36. The molecule has 3 rings (SSSR count). The molecule has 1 amide bonds. The van der Waals surface area contributed by atoms with E-state index in [-0.39, 0.29) is 37.6 Å². The van der Waals surface area contributed by atoms with E-state index in [0.29, 0.717) is 16.6 Å². The molecule has 7 nitrogen and oxygen atoms in total. The van der Waals surface area contributed by atoms with E-state index in [9.17, 15) is 9.59 Å². The van der Waals surface area contributed by atoms with Gasteiger partial charge in [0.05, 0.1) is 35.2 Å². The number of nitrogens with zero attached hydrogens (tertiary/aromatic N) is 3. The molecular weight excluding hydrogens is 429 g/mol. The van der Waals surface area contributed by atoms with Crippen LogP contribution in [-0.4, -0.2) is 96.8 Å². The lowest BCUT2D eigenvalue weighted by Gasteiger charge is -2.46. The summed E-state index contributed by atoms with van der Waals surface area (Å²) in [6, 6.07) is 5.31. The molecular formula is C21H29Cl2N3O4. The van der Waals surface area contributed by atoms with Crippen LogP contribution in [0.4, 0.5) is 0 Å². The number of ether oxygens (including phenoxy) is 1. The maximum atomic E-state index is 13.3. The fraction of sp³-hybridized carbons (Fsp3) is 0.619. The van der Waals surface area contributed by atoms with E-state index in [2.05, 4.69) is 9.80 Å². The van der Waals surface area contributed by atoms with E-state index in [1.54, 1.807) is 12.1 Å². The first kappa shape index (κ1) is 23.3. The first-order valence-corrected chi connectivity index (χ1v) is 11.0. The van der Waals surface area contributed by atoms with Crippen molar-refractivity contribution in [3.05, 3.63) is 33.8 Å². The Morgan fingerprint density at radius 2 is 1.87 bits per heavy atom. The van der Waals surface area contributed by atoms with Crippen molar-refractivity contribution in [2.24, 2.45) is 0 Å². The first-order chi connectivity index (χ1) is 14.3. The standard InChI is InChI=1S/C21H29Cl2N3O4/c1-24-10-16(11-25-6-2-3-7-25)26(12-17(24)13-30-14-21(28)29)20(27)9-15-4-5-18(22)19(23)8-15/h4-5,8,16-17H,2-3,6-7,9-14H2,1H3,(H,28,29)/t16-,17+/m0/s1. The summed E-state index contributed by atoms with van der Waals surface area (Å²) in [5.74, 6) is -0.957. The van der Waals surface area contributed by atoms with Crippen molar-refractivity contribution >= 4 is 35.1 Å². The summed E-state index contributed by atoms with van der Waals surface area (Å²) in [5, 5.41) is 9.73. The van der Waals surface area contributed by atoms with Crippen LogP contribution in [0.1, 0.15) is 18.4 Å². The van der Waals surface area contributed by atoms with Gasteiger partial charge in [-0.25, -0.2) is 4.79 Å². The molecule has 0 bridgehead atoms. The number of benzene rings is 1. The Morgan fingerprint density at radius 3 is 2.53 bits per heavy atom. The second kappa shape index (κ2) is 10.8. The molecule has 0 spiro atoms. The molecule has 2 atom stereocenters. The number of halogens is 2. The molecule has 30 heavy (non-hydrogen) atoms. The number of carboxylic acid groups (broad SMARTS) is 1. The molecule has 2 fully saturated rings. The molecule has 0 saturated carbocycles. The molecule has 2 aliphatic heterocycles. The number of amides is 1. The highest BCUT2D eigenvalue weighted by molar-refractivity contribution is 6.42. The van der Waals surface area contributed by atoms with Gasteiger partial charge in [-0.3, -0.25) is 9.69 Å². The van der Waals surface area contributed by atoms with Crippen LogP contribution in [0, 0.1) is 0 Å². The average Bonchev–Trinajstić information content (AvgIpc) is 3.19. The van der Waals surface area contributed by atoms with Gasteiger partial charge >= 0.3 is 5.97 Å². The minimum absolute atomic E-state index is 0.0360. The lowest BCUT2D eigenvalue weighted by atomic mass is 10.0. The Balaban J connectivity index is 1.70. The Labute approximate surface area is 187 Å². The normalized spacial score (nSPS) is 23.1. The van der Waals surface area contributed by atoms with Gasteiger partial charge in [-0.15, -0.1) is 0 Å². The number of carbonyl (C=O) groups excluding carboxylic acids is 1. The third-order valence-corrected chi connectivity index (χ3v) is 6.57. The third-order valence-electron chi connectivity index (χ3n) is 5.83. The fourth-order valence-electron chi connectivity index (χ4n) is 4.21. The number of rotatable bonds is 8. The van der Waals surface area contributed by atoms with Gasteiger partial charge in [0.15, 0.2) is 0 Å². The van der Waals surface area contributed by atoms with Crippen LogP contribution in [0.3, 0.4) is 0 Å². The van der Waals surface area contributed by atoms with Gasteiger partial charge in [-0.2, -0.15) is 0 Å². The number of carboxylic acids is 1. The number of likely N-dealkylation sites (N-methyl/N-ethyl adjacent to an activating group) is 1. The molecule has 2 aliphatic rings. The van der Waals surface area contributed by atoms with Crippen molar-refractivity contribution in [2.75, 3.05) is 53.0 Å². The van der Waals surface area contributed by atoms with E-state index in [1.165, 1.54) is 12.8 Å². The van der Waals surface area contributed by atoms with Crippen molar-refractivity contribution in [2.45, 2.75) is 31.3 Å². The molecule has 1 N–H and O–H groups in total. The van der Waals surface area contributed by atoms with Crippen molar-refractivity contribution in [3.63, 3.8) is 0 Å². The van der Waals surface area contributed by atoms with Gasteiger partial charge in [-0.05, 0) is 50.7 Å². The minimum atomic E-state index is -0.993. The zero-order chi connectivity index (χ0) is 21.7. The predicted molar refractivity (Wildman–Crippen MR) is 116 cm³/mol. The number of likely N-dealkylation sites (tertiary alicyclic amines) is 1. The Morgan fingerprint density at radius 1 is 1.13 bits per heavy atom. The van der Waals surface area contributed by atoms with Crippen LogP contribution in [0.15, 0.2) is 18.2 Å². The van der Waals surface area contributed by atoms with Crippen LogP contribution in [0.5, 0.6) is 0 Å². The lowest BCUT2D eigenvalue weighted by molar-refractivity contribution is -0.145. The van der Waals surface area contributed by atoms with Gasteiger partial charge in [0, 0.05) is 19.6 Å². The largest absolute Gasteiger partial charge is 0.480 e. The van der Waals surface area contributed by atoms with Gasteiger partial charge in [0.1, 0.15) is 6.61 Å². The molecule has 2 heterocycles. The van der Waals surface area contributed by atoms with Crippen molar-refractivity contribution in [3.8, 4) is 0 Å². The number of piperazine rings is 1. The fourth-order valence-corrected chi connectivity index (χ4v) is 4.53. The Kier molecular flexibility index (Phi) is 8.36. The summed E-state index contributed by atoms with van der Waals surface area (Å²) in [5.41, 5.74) is 0.826. The maximum Gasteiger partial charge on any atom is 0.329 e. The molecule has 9 heteroatoms. The molecule has 2 saturated heterocycles. The smallest absolute Gasteiger partial charge is 0.329 e. The van der Waals surface area contributed by atoms with Crippen LogP contribution in [-0.2, 0) is 20.7 Å². The number of aliphatic carboxylic acids is 1. The summed E-state index contributed by atoms with van der Waals surface area (Å²) < 4.78 is 5.33. The molecule has 1 aromatic carbocycles. The van der Waals surface area contributed by atoms with E-state index in [0.717, 1.165) is 31.7 Å². The molecule has 0 aromatic heterocycles. The zero-order valence-corrected chi connectivity index (χ0v) is 18.7. The van der Waals surface area contributed by atoms with Crippen LogP contribution >= 0.6 is 23.2 Å². The van der Waals surface area contributed by atoms with Crippen molar-refractivity contribution in [1.29, 1.82) is 0 Å². The van der Waals surface area contributed by atoms with Crippen molar-refractivity contribution in [1.82, 2.24) is 14.7 Å². The summed E-state index contributed by atoms with van der Waals surface area (Å²) in [6.45, 7) is 4.16. The van der Waals surface area contributed by atoms with Crippen molar-refractivity contribution < 1.29 is 19.4 Å². The summed E-state index contributed by atoms with van der Waals surface area (Å²) in [6.07, 6.45) is 2.65. The predicted octanol–water partition coefficient (Wildman–Crippen LogP) is 2.24. The summed E-state index contributed by atoms with van der Waals surface area (Å²) in [4.78, 5) is 30.6. The molecule has 0 radical (unpaired) electrons. The zero-order valence-electron chi connectivity index (χ0n) is 17.2. The molecule has 166 valence electrons. The Bertz CT molecular complexity index is 758. The number of hydrogen-bond donors (Lipinski definition) is 1. The van der Waals surface area contributed by atoms with Gasteiger partial charge in [0.25, 0.3) is 0 Å². The maximum absolute atomic E-state index is 13.3. The molecule has 0 aliphatic carbocycles. The average molecular weight is 458 g/mol. The quantitative estimate of drug-likeness (QED) is 0.645. The lowest BCUT2D eigenvalue weighted by Crippen LogP contribution is -2.62. The van der Waals surface area contributed by atoms with Gasteiger partial charge in [-0.1, -0.05) is 29.3 Å². The highest BCUT2D eigenvalue weighted by Crippen LogP contribution is 2.24. The van der Waals surface area contributed by atoms with Crippen LogP contribution in [0.2, 0.25) is 10.0 Å². The Hall–Kier alpha value is -1.38. The monoisotopic (exact) mass is 457 g/mol. The van der Waals surface area contributed by atoms with E-state index in [1.807, 2.05) is 18.0 Å². The van der Waals surface area contributed by atoms with E-state index in [4.69, 9.17) is 33.0 Å². The van der Waals surface area contributed by atoms with E-state index < -0.39 is 5.97 Å². The third kappa shape index (κ3) is 6.31. The van der Waals surface area contributed by atoms with Gasteiger partial charge in [0.2, 0.25) is 5.91 Å².